The van der Waals surface area contributed by atoms with Crippen molar-refractivity contribution in [2.24, 2.45) is 0 Å². The van der Waals surface area contributed by atoms with E-state index < -0.39 is 0 Å². The predicted octanol–water partition coefficient (Wildman–Crippen LogP) is 1.45. The summed E-state index contributed by atoms with van der Waals surface area (Å²) in [6.07, 6.45) is 2.69. The first-order chi connectivity index (χ1) is 8.99. The predicted molar refractivity (Wildman–Crippen MR) is 76.4 cm³/mol. The maximum absolute atomic E-state index is 11.7. The minimum Gasteiger partial charge on any atom is -0.393 e. The number of hydrogen-bond donors (Lipinski definition) is 2. The highest BCUT2D eigenvalue weighted by Crippen LogP contribution is 2.12. The van der Waals surface area contributed by atoms with Crippen LogP contribution in [0.3, 0.4) is 0 Å². The molecule has 0 bridgehead atoms. The maximum Gasteiger partial charge on any atom is 0.239 e. The van der Waals surface area contributed by atoms with Crippen LogP contribution in [-0.2, 0) is 4.79 Å². The van der Waals surface area contributed by atoms with Gasteiger partial charge in [-0.1, -0.05) is 11.6 Å². The second-order valence-corrected chi connectivity index (χ2v) is 4.97. The number of anilines is 1. The molecule has 6 heteroatoms. The monoisotopic (exact) mass is 285 g/mol. The summed E-state index contributed by atoms with van der Waals surface area (Å²) in [6, 6.07) is 3.50. The van der Waals surface area contributed by atoms with Crippen molar-refractivity contribution in [2.45, 2.75) is 25.9 Å². The molecular weight excluding hydrogens is 266 g/mol. The molecule has 1 amide bonds. The van der Waals surface area contributed by atoms with Crippen molar-refractivity contribution >= 4 is 23.3 Å². The molecule has 2 N–H and O–H groups in total. The summed E-state index contributed by atoms with van der Waals surface area (Å²) in [5.74, 6) is 0.633. The summed E-state index contributed by atoms with van der Waals surface area (Å²) in [5, 5.41) is 12.5. The quantitative estimate of drug-likeness (QED) is 0.744. The topological polar surface area (TPSA) is 65.5 Å². The van der Waals surface area contributed by atoms with Gasteiger partial charge in [0.25, 0.3) is 0 Å². The van der Waals surface area contributed by atoms with Crippen molar-refractivity contribution in [3.63, 3.8) is 0 Å². The third-order valence-corrected chi connectivity index (χ3v) is 2.83. The first-order valence-corrected chi connectivity index (χ1v) is 6.64. The van der Waals surface area contributed by atoms with E-state index in [1.165, 1.54) is 0 Å². The number of carbonyl (C=O) groups excluding carboxylic acids is 1. The Morgan fingerprint density at radius 3 is 2.89 bits per heavy atom. The van der Waals surface area contributed by atoms with Gasteiger partial charge in [-0.05, 0) is 31.9 Å². The Kier molecular flexibility index (Phi) is 6.59. The molecule has 0 aliphatic heterocycles. The molecule has 0 saturated carbocycles. The summed E-state index contributed by atoms with van der Waals surface area (Å²) < 4.78 is 0. The fourth-order valence-corrected chi connectivity index (χ4v) is 1.68. The number of aliphatic hydroxyl groups is 1. The number of nitrogens with one attached hydrogen (secondary N) is 1. The van der Waals surface area contributed by atoms with Crippen molar-refractivity contribution in [3.05, 3.63) is 23.4 Å². The molecule has 1 heterocycles. The fourth-order valence-electron chi connectivity index (χ4n) is 1.57. The average molecular weight is 286 g/mol. The van der Waals surface area contributed by atoms with E-state index >= 15 is 0 Å². The Hall–Kier alpha value is -1.33. The Morgan fingerprint density at radius 2 is 2.32 bits per heavy atom. The summed E-state index contributed by atoms with van der Waals surface area (Å²) in [7, 11) is 1.80. The highest BCUT2D eigenvalue weighted by Gasteiger charge is 2.08. The van der Waals surface area contributed by atoms with Gasteiger partial charge in [0.2, 0.25) is 5.91 Å². The molecule has 0 aromatic carbocycles. The summed E-state index contributed by atoms with van der Waals surface area (Å²) in [4.78, 5) is 17.6. The SMILES string of the molecule is CC(O)CCCNC(=O)CN(C)c1ccc(Cl)cn1. The lowest BCUT2D eigenvalue weighted by molar-refractivity contribution is -0.119. The van der Waals surface area contributed by atoms with Crippen LogP contribution in [0.1, 0.15) is 19.8 Å². The Labute approximate surface area is 118 Å². The molecule has 1 aromatic rings. The zero-order valence-electron chi connectivity index (χ0n) is 11.3. The van der Waals surface area contributed by atoms with E-state index in [2.05, 4.69) is 10.3 Å². The van der Waals surface area contributed by atoms with Crippen molar-refractivity contribution < 1.29 is 9.90 Å². The standard InChI is InChI=1S/C13H20ClN3O2/c1-10(18)4-3-7-15-13(19)9-17(2)12-6-5-11(14)8-16-12/h5-6,8,10,18H,3-4,7,9H2,1-2H3,(H,15,19). The molecule has 0 radical (unpaired) electrons. The van der Waals surface area contributed by atoms with Crippen LogP contribution in [-0.4, -0.2) is 42.2 Å². The number of likely N-dealkylation sites (N-methyl/N-ethyl adjacent to an activating group) is 1. The van der Waals surface area contributed by atoms with E-state index in [4.69, 9.17) is 16.7 Å². The van der Waals surface area contributed by atoms with Crippen LogP contribution in [0.15, 0.2) is 18.3 Å². The number of amides is 1. The number of halogens is 1. The molecule has 106 valence electrons. The largest absolute Gasteiger partial charge is 0.393 e. The van der Waals surface area contributed by atoms with Gasteiger partial charge in [0.05, 0.1) is 17.7 Å². The number of nitrogens with zero attached hydrogens (tertiary/aromatic N) is 2. The van der Waals surface area contributed by atoms with Crippen LogP contribution in [0.4, 0.5) is 5.82 Å². The molecule has 0 aliphatic carbocycles. The Balaban J connectivity index is 2.29. The lowest BCUT2D eigenvalue weighted by Gasteiger charge is -2.17. The smallest absolute Gasteiger partial charge is 0.239 e. The van der Waals surface area contributed by atoms with Crippen LogP contribution in [0.5, 0.6) is 0 Å². The van der Waals surface area contributed by atoms with Gasteiger partial charge in [-0.15, -0.1) is 0 Å². The number of rotatable bonds is 7. The van der Waals surface area contributed by atoms with Gasteiger partial charge in [0.15, 0.2) is 0 Å². The Morgan fingerprint density at radius 1 is 1.58 bits per heavy atom. The third-order valence-electron chi connectivity index (χ3n) is 2.60. The second kappa shape index (κ2) is 7.96. The number of hydrogen-bond acceptors (Lipinski definition) is 4. The molecule has 19 heavy (non-hydrogen) atoms. The van der Waals surface area contributed by atoms with Gasteiger partial charge in [-0.25, -0.2) is 4.98 Å². The van der Waals surface area contributed by atoms with E-state index in [-0.39, 0.29) is 18.6 Å². The third kappa shape index (κ3) is 6.40. The van der Waals surface area contributed by atoms with Crippen molar-refractivity contribution in [2.75, 3.05) is 25.0 Å². The lowest BCUT2D eigenvalue weighted by atomic mass is 10.2. The first-order valence-electron chi connectivity index (χ1n) is 6.26. The molecule has 0 spiro atoms. The van der Waals surface area contributed by atoms with Crippen LogP contribution in [0.2, 0.25) is 5.02 Å². The lowest BCUT2D eigenvalue weighted by Crippen LogP contribution is -2.36. The Bertz CT molecular complexity index is 395. The van der Waals surface area contributed by atoms with Gasteiger partial charge in [0, 0.05) is 19.8 Å². The van der Waals surface area contributed by atoms with Gasteiger partial charge < -0.3 is 15.3 Å². The van der Waals surface area contributed by atoms with E-state index in [1.807, 2.05) is 0 Å². The van der Waals surface area contributed by atoms with Crippen molar-refractivity contribution in [3.8, 4) is 0 Å². The highest BCUT2D eigenvalue weighted by molar-refractivity contribution is 6.30. The molecule has 1 atom stereocenters. The zero-order chi connectivity index (χ0) is 14.3. The number of aromatic nitrogens is 1. The van der Waals surface area contributed by atoms with Crippen LogP contribution >= 0.6 is 11.6 Å². The second-order valence-electron chi connectivity index (χ2n) is 4.53. The number of aliphatic hydroxyl groups excluding tert-OH is 1. The van der Waals surface area contributed by atoms with Gasteiger partial charge in [-0.2, -0.15) is 0 Å². The first kappa shape index (κ1) is 15.7. The van der Waals surface area contributed by atoms with Crippen LogP contribution < -0.4 is 10.2 Å². The fraction of sp³-hybridized carbons (Fsp3) is 0.538. The highest BCUT2D eigenvalue weighted by atomic mass is 35.5. The van der Waals surface area contributed by atoms with E-state index in [1.54, 1.807) is 37.2 Å². The van der Waals surface area contributed by atoms with Gasteiger partial charge in [-0.3, -0.25) is 4.79 Å². The average Bonchev–Trinajstić information content (AvgIpc) is 2.35. The normalized spacial score (nSPS) is 12.0. The van der Waals surface area contributed by atoms with E-state index in [0.717, 1.165) is 6.42 Å². The number of carbonyl (C=O) groups is 1. The number of pyridine rings is 1. The van der Waals surface area contributed by atoms with Gasteiger partial charge >= 0.3 is 0 Å². The molecule has 0 aliphatic rings. The minimum absolute atomic E-state index is 0.0650. The summed E-state index contributed by atoms with van der Waals surface area (Å²) >= 11 is 5.75. The van der Waals surface area contributed by atoms with E-state index in [9.17, 15) is 4.79 Å². The molecule has 1 aromatic heterocycles. The zero-order valence-corrected chi connectivity index (χ0v) is 12.0. The van der Waals surface area contributed by atoms with Crippen LogP contribution in [0, 0.1) is 0 Å². The molecule has 0 fully saturated rings. The molecule has 1 rings (SSSR count). The van der Waals surface area contributed by atoms with Crippen molar-refractivity contribution in [1.82, 2.24) is 10.3 Å². The molecule has 5 nitrogen and oxygen atoms in total. The summed E-state index contributed by atoms with van der Waals surface area (Å²) in [5.41, 5.74) is 0. The molecule has 0 saturated heterocycles. The van der Waals surface area contributed by atoms with E-state index in [0.29, 0.717) is 23.8 Å². The molecule has 1 unspecified atom stereocenters. The molecular formula is C13H20ClN3O2. The summed E-state index contributed by atoms with van der Waals surface area (Å²) in [6.45, 7) is 2.55. The minimum atomic E-state index is -0.321. The van der Waals surface area contributed by atoms with Crippen molar-refractivity contribution in [1.29, 1.82) is 0 Å². The van der Waals surface area contributed by atoms with Gasteiger partial charge in [0.1, 0.15) is 5.82 Å². The maximum atomic E-state index is 11.7. The van der Waals surface area contributed by atoms with Crippen LogP contribution in [0.25, 0.3) is 0 Å².